The maximum atomic E-state index is 4.02. The smallest absolute Gasteiger partial charge is 0.0547 e. The van der Waals surface area contributed by atoms with E-state index in [2.05, 4.69) is 168 Å². The molecule has 49 heavy (non-hydrogen) atoms. The monoisotopic (exact) mass is 630 g/mol. The zero-order valence-electron chi connectivity index (χ0n) is 28.2. The molecule has 0 fully saturated rings. The van der Waals surface area contributed by atoms with Gasteiger partial charge in [0.05, 0.1) is 22.1 Å². The molecule has 0 aliphatic carbocycles. The zero-order chi connectivity index (χ0) is 33.5. The molecule has 0 saturated heterocycles. The Morgan fingerprint density at radius 1 is 0.490 bits per heavy atom. The Bertz CT molecular complexity index is 2720. The Hall–Kier alpha value is -6.12. The molecule has 9 rings (SSSR count). The van der Waals surface area contributed by atoms with Crippen molar-refractivity contribution in [3.8, 4) is 5.69 Å². The molecule has 0 radical (unpaired) electrons. The first-order valence-electron chi connectivity index (χ1n) is 17.0. The van der Waals surface area contributed by atoms with E-state index < -0.39 is 0 Å². The second-order valence-electron chi connectivity index (χ2n) is 12.4. The van der Waals surface area contributed by atoms with E-state index in [-0.39, 0.29) is 0 Å². The summed E-state index contributed by atoms with van der Waals surface area (Å²) in [5, 5.41) is 12.7. The van der Waals surface area contributed by atoms with E-state index in [0.717, 1.165) is 11.4 Å². The lowest BCUT2D eigenvalue weighted by atomic mass is 10.00. The van der Waals surface area contributed by atoms with Gasteiger partial charge in [-0.1, -0.05) is 122 Å². The fraction of sp³-hybridized carbons (Fsp3) is 0.0638. The minimum atomic E-state index is 1.09. The van der Waals surface area contributed by atoms with E-state index in [1.165, 1.54) is 75.9 Å². The maximum absolute atomic E-state index is 4.02. The van der Waals surface area contributed by atoms with Crippen LogP contribution < -0.4 is 0 Å². The van der Waals surface area contributed by atoms with Gasteiger partial charge in [-0.05, 0) is 102 Å². The van der Waals surface area contributed by atoms with Gasteiger partial charge >= 0.3 is 0 Å². The first-order valence-corrected chi connectivity index (χ1v) is 17.0. The number of aromatic nitrogens is 2. The van der Waals surface area contributed by atoms with Crippen molar-refractivity contribution in [3.63, 3.8) is 0 Å². The molecule has 236 valence electrons. The van der Waals surface area contributed by atoms with Crippen molar-refractivity contribution in [3.05, 3.63) is 170 Å². The Kier molecular flexibility index (Phi) is 7.70. The minimum absolute atomic E-state index is 1.09. The molecule has 7 aromatic carbocycles. The van der Waals surface area contributed by atoms with Crippen LogP contribution in [0.5, 0.6) is 0 Å². The summed E-state index contributed by atoms with van der Waals surface area (Å²) >= 11 is 0. The van der Waals surface area contributed by atoms with Gasteiger partial charge < -0.3 is 9.13 Å². The van der Waals surface area contributed by atoms with E-state index in [9.17, 15) is 0 Å². The molecule has 0 saturated carbocycles. The first-order chi connectivity index (χ1) is 24.2. The van der Waals surface area contributed by atoms with E-state index in [4.69, 9.17) is 0 Å². The summed E-state index contributed by atoms with van der Waals surface area (Å²) in [5.41, 5.74) is 7.04. The SMILES string of the molecule is C/C=C\C.C=C/C=C(\C=C/C)n1c2ccc(-n3c4ccc5ccccc5c4c4c5ccccc5ccc43)cc2c2c3ccccc3ccc21. The summed E-state index contributed by atoms with van der Waals surface area (Å²) in [5.74, 6) is 0. The van der Waals surface area contributed by atoms with Crippen LogP contribution in [0.4, 0.5) is 0 Å². The maximum Gasteiger partial charge on any atom is 0.0547 e. The van der Waals surface area contributed by atoms with E-state index in [0.29, 0.717) is 0 Å². The summed E-state index contributed by atoms with van der Waals surface area (Å²) in [6, 6.07) is 46.8. The fourth-order valence-electron chi connectivity index (χ4n) is 7.52. The topological polar surface area (TPSA) is 9.86 Å². The molecule has 0 N–H and O–H groups in total. The van der Waals surface area contributed by atoms with Crippen molar-refractivity contribution in [1.29, 1.82) is 0 Å². The van der Waals surface area contributed by atoms with Crippen LogP contribution in [0.2, 0.25) is 0 Å². The van der Waals surface area contributed by atoms with Crippen LogP contribution in [0.25, 0.3) is 87.3 Å². The van der Waals surface area contributed by atoms with E-state index >= 15 is 0 Å². The molecule has 0 bridgehead atoms. The summed E-state index contributed by atoms with van der Waals surface area (Å²) in [6.07, 6.45) is 12.2. The van der Waals surface area contributed by atoms with Crippen LogP contribution in [0.15, 0.2) is 170 Å². The highest BCUT2D eigenvalue weighted by Gasteiger charge is 2.20. The molecule has 9 aromatic rings. The van der Waals surface area contributed by atoms with Crippen LogP contribution in [-0.4, -0.2) is 9.13 Å². The quantitative estimate of drug-likeness (QED) is 0.135. The lowest BCUT2D eigenvalue weighted by molar-refractivity contribution is 1.18. The van der Waals surface area contributed by atoms with Gasteiger partial charge in [0.15, 0.2) is 0 Å². The number of benzene rings is 7. The third-order valence-corrected chi connectivity index (χ3v) is 9.66. The Labute approximate surface area is 286 Å². The molecule has 0 amide bonds. The fourth-order valence-corrected chi connectivity index (χ4v) is 7.52. The largest absolute Gasteiger partial charge is 0.309 e. The van der Waals surface area contributed by atoms with Crippen LogP contribution in [-0.2, 0) is 0 Å². The number of hydrogen-bond donors (Lipinski definition) is 0. The average molecular weight is 631 g/mol. The van der Waals surface area contributed by atoms with Gasteiger partial charge in [-0.3, -0.25) is 0 Å². The van der Waals surface area contributed by atoms with Crippen molar-refractivity contribution >= 4 is 81.6 Å². The predicted octanol–water partition coefficient (Wildman–Crippen LogP) is 13.5. The molecule has 2 nitrogen and oxygen atoms in total. The van der Waals surface area contributed by atoms with Crippen LogP contribution in [0.3, 0.4) is 0 Å². The number of allylic oxidation sites excluding steroid dienone is 7. The van der Waals surface area contributed by atoms with Gasteiger partial charge in [-0.25, -0.2) is 0 Å². The third-order valence-electron chi connectivity index (χ3n) is 9.66. The summed E-state index contributed by atoms with van der Waals surface area (Å²) < 4.78 is 4.83. The Balaban J connectivity index is 0.000000829. The van der Waals surface area contributed by atoms with Crippen molar-refractivity contribution in [2.45, 2.75) is 20.8 Å². The highest BCUT2D eigenvalue weighted by atomic mass is 15.0. The van der Waals surface area contributed by atoms with Crippen molar-refractivity contribution in [2.24, 2.45) is 0 Å². The normalized spacial score (nSPS) is 12.4. The van der Waals surface area contributed by atoms with Crippen molar-refractivity contribution < 1.29 is 0 Å². The molecular formula is C47H38N2. The molecule has 0 aliphatic heterocycles. The van der Waals surface area contributed by atoms with Crippen molar-refractivity contribution in [2.75, 3.05) is 0 Å². The molecule has 0 spiro atoms. The van der Waals surface area contributed by atoms with Gasteiger partial charge in [0.1, 0.15) is 0 Å². The average Bonchev–Trinajstić information content (AvgIpc) is 3.68. The Morgan fingerprint density at radius 3 is 1.49 bits per heavy atom. The zero-order valence-corrected chi connectivity index (χ0v) is 28.2. The molecule has 2 aromatic heterocycles. The molecule has 0 aliphatic rings. The third kappa shape index (κ3) is 4.79. The molecule has 2 heteroatoms. The predicted molar refractivity (Wildman–Crippen MR) is 216 cm³/mol. The van der Waals surface area contributed by atoms with Gasteiger partial charge in [-0.2, -0.15) is 0 Å². The number of hydrogen-bond acceptors (Lipinski definition) is 0. The summed E-state index contributed by atoms with van der Waals surface area (Å²) in [6.45, 7) is 10.1. The standard InChI is InChI=1S/C43H30N2.C4H8/c1-3-11-31(12-4-2)44-37-26-22-32(27-36(37)41-33-16-8-5-13-28(33)19-23-38(41)44)45-39-24-20-29-14-6-9-17-34(29)42(39)43-35-18-10-7-15-30(35)21-25-40(43)45;1-3-4-2/h3-27H,1H2,2H3;3-4H,1-2H3/b12-4-,31-11+;4-3-. The van der Waals surface area contributed by atoms with Crippen LogP contribution in [0, 0.1) is 0 Å². The molecule has 0 atom stereocenters. The van der Waals surface area contributed by atoms with Crippen LogP contribution in [0.1, 0.15) is 20.8 Å². The number of fused-ring (bicyclic) bond motifs is 12. The highest BCUT2D eigenvalue weighted by molar-refractivity contribution is 6.29. The summed E-state index contributed by atoms with van der Waals surface area (Å²) in [7, 11) is 0. The summed E-state index contributed by atoms with van der Waals surface area (Å²) in [4.78, 5) is 0. The van der Waals surface area contributed by atoms with E-state index in [1.807, 2.05) is 32.1 Å². The Morgan fingerprint density at radius 2 is 0.980 bits per heavy atom. The first kappa shape index (κ1) is 30.2. The molecule has 0 unspecified atom stereocenters. The molecule has 2 heterocycles. The second-order valence-corrected chi connectivity index (χ2v) is 12.4. The van der Waals surface area contributed by atoms with E-state index in [1.54, 1.807) is 0 Å². The lowest BCUT2D eigenvalue weighted by Crippen LogP contribution is -1.96. The van der Waals surface area contributed by atoms with Crippen LogP contribution >= 0.6 is 0 Å². The minimum Gasteiger partial charge on any atom is -0.309 e. The number of nitrogens with zero attached hydrogens (tertiary/aromatic N) is 2. The van der Waals surface area contributed by atoms with Crippen molar-refractivity contribution in [1.82, 2.24) is 9.13 Å². The van der Waals surface area contributed by atoms with Gasteiger partial charge in [0.2, 0.25) is 0 Å². The highest BCUT2D eigenvalue weighted by Crippen LogP contribution is 2.42. The molecular weight excluding hydrogens is 593 g/mol. The van der Waals surface area contributed by atoms with Gasteiger partial charge in [0.25, 0.3) is 0 Å². The lowest BCUT2D eigenvalue weighted by Gasteiger charge is -2.11. The second kappa shape index (κ2) is 12.5. The number of rotatable bonds is 4. The van der Waals surface area contributed by atoms with Gasteiger partial charge in [0, 0.05) is 32.9 Å². The van der Waals surface area contributed by atoms with Gasteiger partial charge in [-0.15, -0.1) is 0 Å².